The first-order valence-electron chi connectivity index (χ1n) is 6.94. The number of thiazole rings is 1. The van der Waals surface area contributed by atoms with Crippen LogP contribution in [0.4, 0.5) is 0 Å². The average molecular weight is 297 g/mol. The van der Waals surface area contributed by atoms with Crippen LogP contribution in [0.5, 0.6) is 0 Å². The van der Waals surface area contributed by atoms with Crippen LogP contribution < -0.4 is 5.32 Å². The molecule has 1 aliphatic rings. The minimum Gasteiger partial charge on any atom is -0.356 e. The second-order valence-corrected chi connectivity index (χ2v) is 7.16. The van der Waals surface area contributed by atoms with Gasteiger partial charge in [-0.25, -0.2) is 4.98 Å². The second-order valence-electron chi connectivity index (χ2n) is 5.31. The maximum Gasteiger partial charge on any atom is 0.157 e. The fourth-order valence-corrected chi connectivity index (χ4v) is 4.30. The highest BCUT2D eigenvalue weighted by Gasteiger charge is 2.30. The molecular weight excluding hydrogens is 274 g/mol. The van der Waals surface area contributed by atoms with Crippen molar-refractivity contribution in [1.82, 2.24) is 10.3 Å². The molecule has 0 aliphatic carbocycles. The van der Waals surface area contributed by atoms with E-state index in [-0.39, 0.29) is 6.04 Å². The number of thioether (sulfide) groups is 1. The van der Waals surface area contributed by atoms with Gasteiger partial charge in [-0.05, 0) is 32.1 Å². The maximum atomic E-state index is 4.74. The predicted molar refractivity (Wildman–Crippen MR) is 86.2 cm³/mol. The van der Waals surface area contributed by atoms with E-state index < -0.39 is 0 Å². The van der Waals surface area contributed by atoms with Crippen molar-refractivity contribution in [2.24, 2.45) is 10.4 Å². The van der Waals surface area contributed by atoms with Gasteiger partial charge in [-0.1, -0.05) is 25.6 Å². The van der Waals surface area contributed by atoms with Crippen molar-refractivity contribution in [2.45, 2.75) is 46.6 Å². The Kier molecular flexibility index (Phi) is 4.90. The lowest BCUT2D eigenvalue weighted by molar-refractivity contribution is 0.318. The van der Waals surface area contributed by atoms with Crippen molar-refractivity contribution in [3.8, 4) is 0 Å². The molecule has 0 radical (unpaired) electrons. The Morgan fingerprint density at radius 3 is 2.63 bits per heavy atom. The fourth-order valence-electron chi connectivity index (χ4n) is 2.14. The number of hydrogen-bond donors (Lipinski definition) is 1. The number of nitrogens with one attached hydrogen (secondary N) is 1. The molecule has 1 aliphatic heterocycles. The van der Waals surface area contributed by atoms with Gasteiger partial charge in [-0.15, -0.1) is 11.3 Å². The summed E-state index contributed by atoms with van der Waals surface area (Å²) < 4.78 is 0. The second kappa shape index (κ2) is 6.27. The molecule has 2 heterocycles. The predicted octanol–water partition coefficient (Wildman–Crippen LogP) is 4.01. The summed E-state index contributed by atoms with van der Waals surface area (Å²) in [6, 6.07) is 0.251. The molecule has 0 aromatic carbocycles. The summed E-state index contributed by atoms with van der Waals surface area (Å²) in [6.45, 7) is 9.70. The average Bonchev–Trinajstić information content (AvgIpc) is 2.87. The molecule has 19 heavy (non-hydrogen) atoms. The molecule has 0 saturated heterocycles. The number of amidine groups is 1. The largest absolute Gasteiger partial charge is 0.356 e. The van der Waals surface area contributed by atoms with Gasteiger partial charge in [0.15, 0.2) is 5.17 Å². The van der Waals surface area contributed by atoms with Gasteiger partial charge in [0.1, 0.15) is 5.01 Å². The quantitative estimate of drug-likeness (QED) is 0.912. The summed E-state index contributed by atoms with van der Waals surface area (Å²) in [6.07, 6.45) is 2.43. The molecule has 0 fully saturated rings. The van der Waals surface area contributed by atoms with E-state index in [9.17, 15) is 0 Å². The fraction of sp³-hybridized carbons (Fsp3) is 0.714. The van der Waals surface area contributed by atoms with Gasteiger partial charge >= 0.3 is 0 Å². The van der Waals surface area contributed by atoms with E-state index in [2.05, 4.69) is 36.5 Å². The first-order chi connectivity index (χ1) is 9.08. The van der Waals surface area contributed by atoms with Crippen LogP contribution >= 0.6 is 23.1 Å². The zero-order valence-electron chi connectivity index (χ0n) is 12.2. The summed E-state index contributed by atoms with van der Waals surface area (Å²) in [5.41, 5.74) is 1.51. The number of aryl methyl sites for hydroxylation is 1. The van der Waals surface area contributed by atoms with Crippen LogP contribution in [-0.4, -0.2) is 22.4 Å². The molecule has 0 spiro atoms. The van der Waals surface area contributed by atoms with Crippen LogP contribution in [0.2, 0.25) is 0 Å². The number of nitrogens with zero attached hydrogens (tertiary/aromatic N) is 2. The number of hydrogen-bond acceptors (Lipinski definition) is 5. The number of rotatable bonds is 4. The molecule has 3 nitrogen and oxygen atoms in total. The lowest BCUT2D eigenvalue weighted by Gasteiger charge is -2.33. The first kappa shape index (κ1) is 14.9. The van der Waals surface area contributed by atoms with Crippen molar-refractivity contribution in [3.63, 3.8) is 0 Å². The Bertz CT molecular complexity index is 449. The van der Waals surface area contributed by atoms with Gasteiger partial charge in [0, 0.05) is 23.4 Å². The Labute approximate surface area is 124 Å². The third-order valence-corrected chi connectivity index (χ3v) is 6.34. The Morgan fingerprint density at radius 2 is 2.16 bits per heavy atom. The third-order valence-electron chi connectivity index (χ3n) is 3.92. The van der Waals surface area contributed by atoms with Gasteiger partial charge in [-0.2, -0.15) is 0 Å². The van der Waals surface area contributed by atoms with Crippen LogP contribution in [-0.2, 0) is 0 Å². The molecule has 0 amide bonds. The van der Waals surface area contributed by atoms with E-state index in [1.807, 2.05) is 18.7 Å². The van der Waals surface area contributed by atoms with E-state index in [1.165, 1.54) is 18.6 Å². The van der Waals surface area contributed by atoms with Gasteiger partial charge in [0.25, 0.3) is 0 Å². The molecule has 5 heteroatoms. The summed E-state index contributed by atoms with van der Waals surface area (Å²) in [4.78, 5) is 9.27. The zero-order valence-corrected chi connectivity index (χ0v) is 13.8. The van der Waals surface area contributed by atoms with E-state index in [0.717, 1.165) is 22.4 Å². The molecule has 1 atom stereocenters. The molecule has 0 saturated carbocycles. The van der Waals surface area contributed by atoms with Crippen molar-refractivity contribution in [3.05, 3.63) is 16.1 Å². The normalized spacial score (nSPS) is 19.9. The van der Waals surface area contributed by atoms with Crippen molar-refractivity contribution in [1.29, 1.82) is 0 Å². The van der Waals surface area contributed by atoms with Crippen LogP contribution in [0.3, 0.4) is 0 Å². The van der Waals surface area contributed by atoms with Gasteiger partial charge in [0.05, 0.1) is 6.04 Å². The molecule has 1 N–H and O–H groups in total. The van der Waals surface area contributed by atoms with Crippen LogP contribution in [0.15, 0.2) is 10.4 Å². The molecule has 1 aromatic rings. The van der Waals surface area contributed by atoms with E-state index >= 15 is 0 Å². The highest BCUT2D eigenvalue weighted by molar-refractivity contribution is 8.13. The molecule has 1 unspecified atom stereocenters. The van der Waals surface area contributed by atoms with E-state index in [0.29, 0.717) is 5.41 Å². The highest BCUT2D eigenvalue weighted by atomic mass is 32.2. The van der Waals surface area contributed by atoms with Gasteiger partial charge in [0.2, 0.25) is 0 Å². The van der Waals surface area contributed by atoms with E-state index in [4.69, 9.17) is 4.99 Å². The van der Waals surface area contributed by atoms with Crippen molar-refractivity contribution in [2.75, 3.05) is 12.3 Å². The summed E-state index contributed by atoms with van der Waals surface area (Å²) in [7, 11) is 0. The minimum atomic E-state index is 0.251. The third kappa shape index (κ3) is 3.51. The molecule has 106 valence electrons. The van der Waals surface area contributed by atoms with Crippen LogP contribution in [0.1, 0.15) is 50.4 Å². The smallest absolute Gasteiger partial charge is 0.157 e. The lowest BCUT2D eigenvalue weighted by atomic mass is 9.84. The first-order valence-corrected chi connectivity index (χ1v) is 8.81. The summed E-state index contributed by atoms with van der Waals surface area (Å²) >= 11 is 3.58. The standard InChI is InChI=1S/C14H23N3S2/c1-5-14(6-2)8-15-13(19-9-14)17-11(4)12-16-10(3)7-18-12/h7,11H,5-6,8-9H2,1-4H3,(H,15,17). The maximum absolute atomic E-state index is 4.74. The SMILES string of the molecule is CCC1(CC)CN=C(NC(C)c2nc(C)cs2)SC1. The Balaban J connectivity index is 1.96. The zero-order chi connectivity index (χ0) is 13.9. The topological polar surface area (TPSA) is 37.3 Å². The Morgan fingerprint density at radius 1 is 1.42 bits per heavy atom. The summed E-state index contributed by atoms with van der Waals surface area (Å²) in [5.74, 6) is 1.18. The number of aliphatic imine (C=N–C) groups is 1. The lowest BCUT2D eigenvalue weighted by Crippen LogP contribution is -2.35. The minimum absolute atomic E-state index is 0.251. The number of aromatic nitrogens is 1. The molecule has 0 bridgehead atoms. The van der Waals surface area contributed by atoms with Gasteiger partial charge in [-0.3, -0.25) is 4.99 Å². The Hall–Kier alpha value is -0.550. The molecular formula is C14H23N3S2. The van der Waals surface area contributed by atoms with Crippen LogP contribution in [0, 0.1) is 12.3 Å². The van der Waals surface area contributed by atoms with Crippen molar-refractivity contribution < 1.29 is 0 Å². The highest BCUT2D eigenvalue weighted by Crippen LogP contribution is 2.35. The van der Waals surface area contributed by atoms with Gasteiger partial charge < -0.3 is 5.32 Å². The van der Waals surface area contributed by atoms with Crippen molar-refractivity contribution >= 4 is 28.3 Å². The molecule has 2 rings (SSSR count). The summed E-state index contributed by atoms with van der Waals surface area (Å²) in [5, 5.41) is 7.82. The monoisotopic (exact) mass is 297 g/mol. The van der Waals surface area contributed by atoms with Crippen LogP contribution in [0.25, 0.3) is 0 Å². The van der Waals surface area contributed by atoms with E-state index in [1.54, 1.807) is 11.3 Å². The molecule has 1 aromatic heterocycles.